The number of likely N-dealkylation sites (tertiary alicyclic amines) is 1. The van der Waals surface area contributed by atoms with E-state index in [4.69, 9.17) is 25.5 Å². The standard InChI is InChI=1S/C19H25ClN2O4/c20-17-2-1-16(25-17)18(23)21-9-13-14-10-22(12-4-7-24-8-5-12)11-19(14)6-3-15(13)26-19/h1-2,12-15H,3-11H2,(H,21,23)/t13-,14+,15+,19+/m0/s1. The second kappa shape index (κ2) is 6.51. The van der Waals surface area contributed by atoms with E-state index in [1.807, 2.05) is 0 Å². The molecule has 5 rings (SSSR count). The van der Waals surface area contributed by atoms with E-state index in [1.54, 1.807) is 12.1 Å². The second-order valence-corrected chi connectivity index (χ2v) is 8.49. The third-order valence-electron chi connectivity index (χ3n) is 6.81. The first-order valence-corrected chi connectivity index (χ1v) is 10.1. The van der Waals surface area contributed by atoms with Crippen molar-refractivity contribution in [2.24, 2.45) is 11.8 Å². The summed E-state index contributed by atoms with van der Waals surface area (Å²) in [6.45, 7) is 4.49. The van der Waals surface area contributed by atoms with Crippen LogP contribution in [0.3, 0.4) is 0 Å². The quantitative estimate of drug-likeness (QED) is 0.868. The van der Waals surface area contributed by atoms with Crippen molar-refractivity contribution >= 4 is 17.5 Å². The number of carbonyl (C=O) groups excluding carboxylic acids is 1. The van der Waals surface area contributed by atoms with Crippen LogP contribution in [0.4, 0.5) is 0 Å². The predicted octanol–water partition coefficient (Wildman–Crippen LogP) is 2.32. The summed E-state index contributed by atoms with van der Waals surface area (Å²) < 4.78 is 17.2. The first-order chi connectivity index (χ1) is 12.6. The van der Waals surface area contributed by atoms with E-state index in [-0.39, 0.29) is 28.6 Å². The summed E-state index contributed by atoms with van der Waals surface area (Å²) in [5, 5.41) is 3.27. The molecule has 142 valence electrons. The smallest absolute Gasteiger partial charge is 0.287 e. The second-order valence-electron chi connectivity index (χ2n) is 8.12. The van der Waals surface area contributed by atoms with Gasteiger partial charge in [0.2, 0.25) is 0 Å². The molecule has 0 radical (unpaired) electrons. The maximum atomic E-state index is 12.3. The van der Waals surface area contributed by atoms with E-state index in [9.17, 15) is 4.79 Å². The van der Waals surface area contributed by atoms with Crippen LogP contribution in [0.15, 0.2) is 16.5 Å². The van der Waals surface area contributed by atoms with Gasteiger partial charge in [0.05, 0.1) is 11.7 Å². The number of carbonyl (C=O) groups is 1. The molecule has 4 fully saturated rings. The Morgan fingerprint density at radius 1 is 1.31 bits per heavy atom. The number of rotatable bonds is 4. The molecule has 6 nitrogen and oxygen atoms in total. The minimum atomic E-state index is -0.201. The third kappa shape index (κ3) is 2.78. The zero-order valence-corrected chi connectivity index (χ0v) is 15.5. The van der Waals surface area contributed by atoms with Crippen molar-refractivity contribution in [3.05, 3.63) is 23.1 Å². The highest BCUT2D eigenvalue weighted by molar-refractivity contribution is 6.29. The van der Waals surface area contributed by atoms with Gasteiger partial charge in [0, 0.05) is 50.7 Å². The average molecular weight is 381 g/mol. The molecule has 0 aliphatic carbocycles. The molecule has 0 unspecified atom stereocenters. The number of hydrogen-bond acceptors (Lipinski definition) is 5. The molecule has 1 amide bonds. The number of nitrogens with zero attached hydrogens (tertiary/aromatic N) is 1. The van der Waals surface area contributed by atoms with Crippen molar-refractivity contribution in [1.29, 1.82) is 0 Å². The Morgan fingerprint density at radius 3 is 2.92 bits per heavy atom. The molecule has 1 N–H and O–H groups in total. The van der Waals surface area contributed by atoms with Gasteiger partial charge in [-0.3, -0.25) is 9.69 Å². The fraction of sp³-hybridized carbons (Fsp3) is 0.737. The van der Waals surface area contributed by atoms with Gasteiger partial charge in [-0.05, 0) is 49.4 Å². The molecular weight excluding hydrogens is 356 g/mol. The summed E-state index contributed by atoms with van der Waals surface area (Å²) in [4.78, 5) is 14.9. The van der Waals surface area contributed by atoms with Gasteiger partial charge in [-0.25, -0.2) is 0 Å². The molecule has 4 aliphatic heterocycles. The molecular formula is C19H25ClN2O4. The van der Waals surface area contributed by atoms with Crippen molar-refractivity contribution in [2.75, 3.05) is 32.8 Å². The summed E-state index contributed by atoms with van der Waals surface area (Å²) in [5.41, 5.74) is 0.00630. The Labute approximate surface area is 158 Å². The minimum Gasteiger partial charge on any atom is -0.440 e. The summed E-state index contributed by atoms with van der Waals surface area (Å²) in [7, 11) is 0. The predicted molar refractivity (Wildman–Crippen MR) is 95.3 cm³/mol. The van der Waals surface area contributed by atoms with Crippen LogP contribution in [0.2, 0.25) is 5.22 Å². The number of hydrogen-bond donors (Lipinski definition) is 1. The van der Waals surface area contributed by atoms with Gasteiger partial charge >= 0.3 is 0 Å². The van der Waals surface area contributed by atoms with Crippen molar-refractivity contribution in [3.8, 4) is 0 Å². The van der Waals surface area contributed by atoms with Crippen LogP contribution < -0.4 is 5.32 Å². The monoisotopic (exact) mass is 380 g/mol. The normalized spacial score (nSPS) is 37.2. The van der Waals surface area contributed by atoms with E-state index in [2.05, 4.69) is 10.2 Å². The molecule has 2 bridgehead atoms. The van der Waals surface area contributed by atoms with Crippen molar-refractivity contribution in [1.82, 2.24) is 10.2 Å². The molecule has 4 saturated heterocycles. The molecule has 1 spiro atoms. The lowest BCUT2D eigenvalue weighted by Crippen LogP contribution is -2.41. The largest absolute Gasteiger partial charge is 0.440 e. The molecule has 0 aromatic carbocycles. The number of ether oxygens (including phenoxy) is 2. The summed E-state index contributed by atoms with van der Waals surface area (Å²) in [5.74, 6) is 0.949. The van der Waals surface area contributed by atoms with Crippen LogP contribution in [-0.2, 0) is 9.47 Å². The lowest BCUT2D eigenvalue weighted by Gasteiger charge is -2.32. The maximum Gasteiger partial charge on any atom is 0.287 e. The fourth-order valence-electron chi connectivity index (χ4n) is 5.56. The Kier molecular flexibility index (Phi) is 4.27. The zero-order chi connectivity index (χ0) is 17.7. The van der Waals surface area contributed by atoms with Crippen LogP contribution in [-0.4, -0.2) is 61.4 Å². The van der Waals surface area contributed by atoms with E-state index in [1.165, 1.54) is 0 Å². The lowest BCUT2D eigenvalue weighted by atomic mass is 9.73. The van der Waals surface area contributed by atoms with E-state index >= 15 is 0 Å². The first kappa shape index (κ1) is 17.0. The van der Waals surface area contributed by atoms with E-state index < -0.39 is 0 Å². The molecule has 7 heteroatoms. The molecule has 26 heavy (non-hydrogen) atoms. The van der Waals surface area contributed by atoms with Crippen molar-refractivity contribution < 1.29 is 18.7 Å². The zero-order valence-electron chi connectivity index (χ0n) is 14.8. The minimum absolute atomic E-state index is 0.00630. The number of halogens is 1. The van der Waals surface area contributed by atoms with Gasteiger partial charge in [0.1, 0.15) is 0 Å². The topological polar surface area (TPSA) is 63.9 Å². The van der Waals surface area contributed by atoms with Gasteiger partial charge in [0.15, 0.2) is 11.0 Å². The Bertz CT molecular complexity index is 689. The van der Waals surface area contributed by atoms with Crippen LogP contribution >= 0.6 is 11.6 Å². The Morgan fingerprint density at radius 2 is 2.15 bits per heavy atom. The molecule has 1 aromatic heterocycles. The molecule has 4 atom stereocenters. The van der Waals surface area contributed by atoms with Gasteiger partial charge < -0.3 is 19.2 Å². The van der Waals surface area contributed by atoms with E-state index in [0.29, 0.717) is 24.4 Å². The molecule has 1 aromatic rings. The van der Waals surface area contributed by atoms with Gasteiger partial charge in [-0.2, -0.15) is 0 Å². The number of furan rings is 1. The van der Waals surface area contributed by atoms with Crippen molar-refractivity contribution in [3.63, 3.8) is 0 Å². The van der Waals surface area contributed by atoms with E-state index in [0.717, 1.165) is 52.0 Å². The highest BCUT2D eigenvalue weighted by atomic mass is 35.5. The highest BCUT2D eigenvalue weighted by Gasteiger charge is 2.63. The van der Waals surface area contributed by atoms with Crippen LogP contribution in [0.1, 0.15) is 36.2 Å². The van der Waals surface area contributed by atoms with Gasteiger partial charge in [-0.15, -0.1) is 0 Å². The fourth-order valence-corrected chi connectivity index (χ4v) is 5.71. The number of amides is 1. The first-order valence-electron chi connectivity index (χ1n) is 9.68. The summed E-state index contributed by atoms with van der Waals surface area (Å²) in [6, 6.07) is 3.82. The average Bonchev–Trinajstić information content (AvgIpc) is 3.40. The van der Waals surface area contributed by atoms with Gasteiger partial charge in [0.25, 0.3) is 5.91 Å². The molecule has 0 saturated carbocycles. The highest BCUT2D eigenvalue weighted by Crippen LogP contribution is 2.55. The SMILES string of the molecule is O=C(NC[C@H]1[C@H]2CN(C3CCOCC3)C[C@]23CC[C@H]1O3)c1ccc(Cl)o1. The van der Waals surface area contributed by atoms with Crippen LogP contribution in [0.5, 0.6) is 0 Å². The van der Waals surface area contributed by atoms with Crippen LogP contribution in [0.25, 0.3) is 0 Å². The molecule has 4 aliphatic rings. The third-order valence-corrected chi connectivity index (χ3v) is 7.02. The number of fused-ring (bicyclic) bond motifs is 1. The van der Waals surface area contributed by atoms with Crippen molar-refractivity contribution in [2.45, 2.75) is 43.4 Å². The summed E-state index contributed by atoms with van der Waals surface area (Å²) >= 11 is 5.76. The Hall–Kier alpha value is -1.08. The lowest BCUT2D eigenvalue weighted by molar-refractivity contribution is -0.0122. The van der Waals surface area contributed by atoms with Gasteiger partial charge in [-0.1, -0.05) is 0 Å². The summed E-state index contributed by atoms with van der Waals surface area (Å²) in [6.07, 6.45) is 4.77. The molecule has 5 heterocycles. The Balaban J connectivity index is 1.25. The number of nitrogens with one attached hydrogen (secondary N) is 1. The van der Waals surface area contributed by atoms with Crippen LogP contribution in [0, 0.1) is 11.8 Å². The maximum absolute atomic E-state index is 12.3.